The van der Waals surface area contributed by atoms with Crippen LogP contribution in [0.1, 0.15) is 29.8 Å². The number of hydrogen-bond acceptors (Lipinski definition) is 2. The molecule has 1 aromatic heterocycles. The maximum absolute atomic E-state index is 12.7. The van der Waals surface area contributed by atoms with E-state index in [-0.39, 0.29) is 5.91 Å². The molecule has 3 rings (SSSR count). The van der Waals surface area contributed by atoms with Gasteiger partial charge in [0.25, 0.3) is 0 Å². The molecule has 0 aliphatic heterocycles. The van der Waals surface area contributed by atoms with E-state index in [1.54, 1.807) is 0 Å². The van der Waals surface area contributed by atoms with E-state index in [2.05, 4.69) is 10.3 Å². The molecule has 1 heterocycles. The van der Waals surface area contributed by atoms with Crippen molar-refractivity contribution in [2.45, 2.75) is 25.6 Å². The number of alkyl halides is 3. The highest BCUT2D eigenvalue weighted by atomic mass is 19.4. The first kappa shape index (κ1) is 17.9. The molecule has 0 aliphatic carbocycles. The Hall–Kier alpha value is -2.89. The summed E-state index contributed by atoms with van der Waals surface area (Å²) in [6.07, 6.45) is -4.00. The summed E-state index contributed by atoms with van der Waals surface area (Å²) >= 11 is 0. The molecular formula is C20H17F3N2O. The molecule has 0 spiro atoms. The van der Waals surface area contributed by atoms with Crippen molar-refractivity contribution in [3.05, 3.63) is 77.5 Å². The van der Waals surface area contributed by atoms with Crippen LogP contribution >= 0.6 is 0 Å². The number of rotatable bonds is 4. The van der Waals surface area contributed by atoms with Gasteiger partial charge in [0, 0.05) is 24.4 Å². The summed E-state index contributed by atoms with van der Waals surface area (Å²) in [7, 11) is 0. The van der Waals surface area contributed by atoms with Crippen molar-refractivity contribution in [1.29, 1.82) is 0 Å². The lowest BCUT2D eigenvalue weighted by atomic mass is 9.99. The van der Waals surface area contributed by atoms with Crippen LogP contribution in [-0.4, -0.2) is 10.9 Å². The number of benzene rings is 2. The van der Waals surface area contributed by atoms with Gasteiger partial charge in [0.1, 0.15) is 0 Å². The molecule has 0 saturated heterocycles. The van der Waals surface area contributed by atoms with E-state index in [0.717, 1.165) is 28.7 Å². The molecule has 0 aliphatic rings. The number of carbonyl (C=O) groups excluding carboxylic acids is 1. The largest absolute Gasteiger partial charge is 0.416 e. The second-order valence-corrected chi connectivity index (χ2v) is 6.07. The van der Waals surface area contributed by atoms with Crippen LogP contribution in [0.25, 0.3) is 10.9 Å². The number of pyridine rings is 1. The second kappa shape index (κ2) is 7.15. The Morgan fingerprint density at radius 1 is 1.04 bits per heavy atom. The van der Waals surface area contributed by atoms with Crippen LogP contribution < -0.4 is 5.32 Å². The third-order valence-corrected chi connectivity index (χ3v) is 4.09. The van der Waals surface area contributed by atoms with Crippen molar-refractivity contribution in [3.8, 4) is 0 Å². The molecule has 0 bridgehead atoms. The molecule has 1 N–H and O–H groups in total. The Bertz CT molecular complexity index is 920. The fourth-order valence-electron chi connectivity index (χ4n) is 2.83. The van der Waals surface area contributed by atoms with Gasteiger partial charge in [-0.1, -0.05) is 36.4 Å². The number of nitrogens with zero attached hydrogens (tertiary/aromatic N) is 1. The standard InChI is InChI=1S/C20H17F3N2O/c1-13(26)24-19(15-6-9-16(10-7-15)20(21,22)23)12-17-11-8-14-4-2-3-5-18(14)25-17/h2-11,19H,12H2,1H3,(H,24,26)/t19-/m1/s1. The third-order valence-electron chi connectivity index (χ3n) is 4.09. The Kier molecular flexibility index (Phi) is 4.93. The maximum Gasteiger partial charge on any atom is 0.416 e. The average molecular weight is 358 g/mol. The van der Waals surface area contributed by atoms with Gasteiger partial charge in [0.15, 0.2) is 0 Å². The van der Waals surface area contributed by atoms with Crippen molar-refractivity contribution in [2.24, 2.45) is 0 Å². The van der Waals surface area contributed by atoms with Crippen molar-refractivity contribution in [2.75, 3.05) is 0 Å². The summed E-state index contributed by atoms with van der Waals surface area (Å²) in [4.78, 5) is 16.1. The molecule has 3 aromatic rings. The minimum absolute atomic E-state index is 0.254. The predicted molar refractivity (Wildman–Crippen MR) is 93.4 cm³/mol. The van der Waals surface area contributed by atoms with E-state index in [9.17, 15) is 18.0 Å². The molecule has 1 amide bonds. The number of carbonyl (C=O) groups is 1. The first-order chi connectivity index (χ1) is 12.3. The highest BCUT2D eigenvalue weighted by molar-refractivity contribution is 5.78. The number of halogens is 3. The zero-order chi connectivity index (χ0) is 18.7. The van der Waals surface area contributed by atoms with Gasteiger partial charge in [-0.15, -0.1) is 0 Å². The molecule has 0 fully saturated rings. The van der Waals surface area contributed by atoms with Gasteiger partial charge in [-0.2, -0.15) is 13.2 Å². The Morgan fingerprint density at radius 2 is 1.73 bits per heavy atom. The zero-order valence-corrected chi connectivity index (χ0v) is 14.0. The van der Waals surface area contributed by atoms with Gasteiger partial charge in [0.2, 0.25) is 5.91 Å². The van der Waals surface area contributed by atoms with Crippen LogP contribution in [0.2, 0.25) is 0 Å². The molecule has 3 nitrogen and oxygen atoms in total. The van der Waals surface area contributed by atoms with Gasteiger partial charge in [-0.05, 0) is 29.8 Å². The van der Waals surface area contributed by atoms with Gasteiger partial charge in [-0.3, -0.25) is 9.78 Å². The van der Waals surface area contributed by atoms with Gasteiger partial charge in [-0.25, -0.2) is 0 Å². The zero-order valence-electron chi connectivity index (χ0n) is 14.0. The van der Waals surface area contributed by atoms with Crippen LogP contribution in [0.15, 0.2) is 60.7 Å². The van der Waals surface area contributed by atoms with Crippen LogP contribution in [0.3, 0.4) is 0 Å². The van der Waals surface area contributed by atoms with E-state index < -0.39 is 17.8 Å². The molecule has 26 heavy (non-hydrogen) atoms. The fraction of sp³-hybridized carbons (Fsp3) is 0.200. The van der Waals surface area contributed by atoms with E-state index in [4.69, 9.17) is 0 Å². The Balaban J connectivity index is 1.88. The number of hydrogen-bond donors (Lipinski definition) is 1. The molecule has 2 aromatic carbocycles. The SMILES string of the molecule is CC(=O)N[C@H](Cc1ccc2ccccc2n1)c1ccc(C(F)(F)F)cc1. The molecular weight excluding hydrogens is 341 g/mol. The quantitative estimate of drug-likeness (QED) is 0.736. The van der Waals surface area contributed by atoms with Gasteiger partial charge < -0.3 is 5.32 Å². The summed E-state index contributed by atoms with van der Waals surface area (Å²) in [5.41, 5.74) is 1.47. The molecule has 0 radical (unpaired) electrons. The average Bonchev–Trinajstić information content (AvgIpc) is 2.60. The Morgan fingerprint density at radius 3 is 2.38 bits per heavy atom. The number of nitrogens with one attached hydrogen (secondary N) is 1. The first-order valence-corrected chi connectivity index (χ1v) is 8.12. The highest BCUT2D eigenvalue weighted by Crippen LogP contribution is 2.30. The summed E-state index contributed by atoms with van der Waals surface area (Å²) < 4.78 is 38.2. The Labute approximate surface area is 148 Å². The van der Waals surface area contributed by atoms with Gasteiger partial charge >= 0.3 is 6.18 Å². The predicted octanol–water partition coefficient (Wildman–Crippen LogP) is 4.67. The lowest BCUT2D eigenvalue weighted by Crippen LogP contribution is -2.28. The summed E-state index contributed by atoms with van der Waals surface area (Å²) in [6.45, 7) is 1.38. The smallest absolute Gasteiger partial charge is 0.349 e. The lowest BCUT2D eigenvalue weighted by molar-refractivity contribution is -0.137. The number of aromatic nitrogens is 1. The third kappa shape index (κ3) is 4.20. The number of fused-ring (bicyclic) bond motifs is 1. The van der Waals surface area contributed by atoms with Gasteiger partial charge in [0.05, 0.1) is 17.1 Å². The minimum Gasteiger partial charge on any atom is -0.349 e. The van der Waals surface area contributed by atoms with Crippen molar-refractivity contribution in [1.82, 2.24) is 10.3 Å². The highest BCUT2D eigenvalue weighted by Gasteiger charge is 2.30. The molecule has 134 valence electrons. The van der Waals surface area contributed by atoms with Crippen molar-refractivity contribution < 1.29 is 18.0 Å². The summed E-state index contributed by atoms with van der Waals surface area (Å²) in [6, 6.07) is 15.8. The number of amides is 1. The molecule has 0 unspecified atom stereocenters. The van der Waals surface area contributed by atoms with Crippen molar-refractivity contribution >= 4 is 16.8 Å². The van der Waals surface area contributed by atoms with Crippen molar-refractivity contribution in [3.63, 3.8) is 0 Å². The van der Waals surface area contributed by atoms with Crippen LogP contribution in [0.4, 0.5) is 13.2 Å². The van der Waals surface area contributed by atoms with Crippen LogP contribution in [-0.2, 0) is 17.4 Å². The topological polar surface area (TPSA) is 42.0 Å². The summed E-state index contributed by atoms with van der Waals surface area (Å²) in [5.74, 6) is -0.254. The van der Waals surface area contributed by atoms with E-state index in [1.165, 1.54) is 19.1 Å². The number of para-hydroxylation sites is 1. The minimum atomic E-state index is -4.39. The molecule has 6 heteroatoms. The normalized spacial score (nSPS) is 12.8. The van der Waals surface area contributed by atoms with E-state index >= 15 is 0 Å². The van der Waals surface area contributed by atoms with Crippen LogP contribution in [0.5, 0.6) is 0 Å². The van der Waals surface area contributed by atoms with E-state index in [0.29, 0.717) is 12.0 Å². The lowest BCUT2D eigenvalue weighted by Gasteiger charge is -2.19. The fourth-order valence-corrected chi connectivity index (χ4v) is 2.83. The van der Waals surface area contributed by atoms with E-state index in [1.807, 2.05) is 36.4 Å². The van der Waals surface area contributed by atoms with Crippen LogP contribution in [0, 0.1) is 0 Å². The first-order valence-electron chi connectivity index (χ1n) is 8.12. The maximum atomic E-state index is 12.7. The molecule has 1 atom stereocenters. The second-order valence-electron chi connectivity index (χ2n) is 6.07. The monoisotopic (exact) mass is 358 g/mol. The molecule has 0 saturated carbocycles. The summed E-state index contributed by atoms with van der Waals surface area (Å²) in [5, 5.41) is 3.79.